The summed E-state index contributed by atoms with van der Waals surface area (Å²) in [6.07, 6.45) is 9.43. The monoisotopic (exact) mass is 303 g/mol. The van der Waals surface area contributed by atoms with Crippen molar-refractivity contribution in [3.8, 4) is 0 Å². The summed E-state index contributed by atoms with van der Waals surface area (Å²) in [5, 5.41) is 4.61. The van der Waals surface area contributed by atoms with Crippen molar-refractivity contribution in [1.82, 2.24) is 14.7 Å². The Balaban J connectivity index is 1.63. The van der Waals surface area contributed by atoms with Gasteiger partial charge in [-0.05, 0) is 50.5 Å². The van der Waals surface area contributed by atoms with Crippen LogP contribution in [0.3, 0.4) is 0 Å². The maximum Gasteiger partial charge on any atom is 0.228 e. The summed E-state index contributed by atoms with van der Waals surface area (Å²) in [7, 11) is 0. The lowest BCUT2D eigenvalue weighted by Crippen LogP contribution is -2.48. The van der Waals surface area contributed by atoms with Gasteiger partial charge in [0.2, 0.25) is 5.91 Å². The lowest BCUT2D eigenvalue weighted by atomic mass is 9.89. The minimum Gasteiger partial charge on any atom is -0.342 e. The largest absolute Gasteiger partial charge is 0.342 e. The fraction of sp³-hybridized carbons (Fsp3) is 0.778. The van der Waals surface area contributed by atoms with Crippen molar-refractivity contribution < 1.29 is 4.79 Å². The Bertz CT molecular complexity index is 548. The Labute approximate surface area is 133 Å². The van der Waals surface area contributed by atoms with Gasteiger partial charge in [0.1, 0.15) is 0 Å². The first-order valence-electron chi connectivity index (χ1n) is 8.66. The van der Waals surface area contributed by atoms with E-state index in [2.05, 4.69) is 48.6 Å². The van der Waals surface area contributed by atoms with E-state index in [-0.39, 0.29) is 11.0 Å². The standard InChI is InChI=1S/C18H29N3O/c1-14(2)11-15-12-19-21(13-15)18(4)7-9-20(10-8-18)16(22)17(3)5-6-17/h12-14H,5-11H2,1-4H3. The van der Waals surface area contributed by atoms with E-state index < -0.39 is 0 Å². The van der Waals surface area contributed by atoms with Crippen molar-refractivity contribution in [2.45, 2.75) is 65.3 Å². The number of piperidine rings is 1. The van der Waals surface area contributed by atoms with E-state index in [9.17, 15) is 4.79 Å². The number of likely N-dealkylation sites (tertiary alicyclic amines) is 1. The molecule has 2 heterocycles. The first-order chi connectivity index (χ1) is 10.3. The Morgan fingerprint density at radius 2 is 1.86 bits per heavy atom. The highest BCUT2D eigenvalue weighted by atomic mass is 16.2. The number of nitrogens with zero attached hydrogens (tertiary/aromatic N) is 3. The van der Waals surface area contributed by atoms with Gasteiger partial charge in [0.15, 0.2) is 0 Å². The van der Waals surface area contributed by atoms with Gasteiger partial charge in [-0.15, -0.1) is 0 Å². The summed E-state index contributed by atoms with van der Waals surface area (Å²) in [5.74, 6) is 1.03. The second-order valence-electron chi connectivity index (χ2n) is 8.24. The normalized spacial score (nSPS) is 22.9. The third kappa shape index (κ3) is 2.92. The molecule has 1 aromatic rings. The maximum atomic E-state index is 12.5. The highest BCUT2D eigenvalue weighted by Gasteiger charge is 2.48. The van der Waals surface area contributed by atoms with Gasteiger partial charge < -0.3 is 4.90 Å². The second-order valence-corrected chi connectivity index (χ2v) is 8.24. The molecule has 22 heavy (non-hydrogen) atoms. The molecule has 0 radical (unpaired) electrons. The van der Waals surface area contributed by atoms with E-state index in [0.29, 0.717) is 11.8 Å². The van der Waals surface area contributed by atoms with Gasteiger partial charge in [-0.25, -0.2) is 0 Å². The molecule has 0 aromatic carbocycles. The van der Waals surface area contributed by atoms with Crippen molar-refractivity contribution in [1.29, 1.82) is 0 Å². The van der Waals surface area contributed by atoms with E-state index >= 15 is 0 Å². The van der Waals surface area contributed by atoms with Gasteiger partial charge >= 0.3 is 0 Å². The number of hydrogen-bond donors (Lipinski definition) is 0. The smallest absolute Gasteiger partial charge is 0.228 e. The van der Waals surface area contributed by atoms with Crippen LogP contribution in [-0.2, 0) is 16.8 Å². The van der Waals surface area contributed by atoms with Crippen LogP contribution >= 0.6 is 0 Å². The summed E-state index contributed by atoms with van der Waals surface area (Å²) in [4.78, 5) is 14.5. The highest BCUT2D eigenvalue weighted by molar-refractivity contribution is 5.85. The van der Waals surface area contributed by atoms with E-state index in [1.54, 1.807) is 0 Å². The molecule has 0 N–H and O–H groups in total. The summed E-state index contributed by atoms with van der Waals surface area (Å²) in [6.45, 7) is 10.6. The van der Waals surface area contributed by atoms with Crippen LogP contribution in [-0.4, -0.2) is 33.7 Å². The number of rotatable bonds is 4. The molecule has 3 rings (SSSR count). The van der Waals surface area contributed by atoms with Gasteiger partial charge in [0, 0.05) is 24.7 Å². The molecule has 0 unspecified atom stereocenters. The van der Waals surface area contributed by atoms with Crippen molar-refractivity contribution in [3.63, 3.8) is 0 Å². The number of hydrogen-bond acceptors (Lipinski definition) is 2. The molecule has 1 aliphatic carbocycles. The van der Waals surface area contributed by atoms with Crippen LogP contribution in [0.2, 0.25) is 0 Å². The van der Waals surface area contributed by atoms with E-state index in [0.717, 1.165) is 45.2 Å². The Morgan fingerprint density at radius 1 is 1.23 bits per heavy atom. The van der Waals surface area contributed by atoms with Crippen LogP contribution in [0.15, 0.2) is 12.4 Å². The van der Waals surface area contributed by atoms with Crippen LogP contribution in [0.25, 0.3) is 0 Å². The number of carbonyl (C=O) groups is 1. The van der Waals surface area contributed by atoms with Crippen molar-refractivity contribution >= 4 is 5.91 Å². The minimum absolute atomic E-state index is 0.0378. The Morgan fingerprint density at radius 3 is 2.41 bits per heavy atom. The SMILES string of the molecule is CC(C)Cc1cnn(C2(C)CCN(C(=O)C3(C)CC3)CC2)c1. The van der Waals surface area contributed by atoms with Gasteiger partial charge in [-0.2, -0.15) is 5.10 Å². The predicted molar refractivity (Wildman–Crippen MR) is 87.6 cm³/mol. The first-order valence-corrected chi connectivity index (χ1v) is 8.66. The molecule has 0 atom stereocenters. The van der Waals surface area contributed by atoms with Crippen molar-refractivity contribution in [3.05, 3.63) is 18.0 Å². The molecule has 122 valence electrons. The molecule has 1 saturated heterocycles. The van der Waals surface area contributed by atoms with Crippen LogP contribution in [0, 0.1) is 11.3 Å². The van der Waals surface area contributed by atoms with Crippen LogP contribution in [0.4, 0.5) is 0 Å². The quantitative estimate of drug-likeness (QED) is 0.856. The number of carbonyl (C=O) groups excluding carboxylic acids is 1. The Hall–Kier alpha value is -1.32. The molecule has 1 aliphatic heterocycles. The summed E-state index contributed by atoms with van der Waals surface area (Å²) in [6, 6.07) is 0. The fourth-order valence-electron chi connectivity index (χ4n) is 3.44. The zero-order chi connectivity index (χ0) is 16.0. The molecule has 4 nitrogen and oxygen atoms in total. The lowest BCUT2D eigenvalue weighted by Gasteiger charge is -2.40. The van der Waals surface area contributed by atoms with Gasteiger partial charge in [-0.1, -0.05) is 20.8 Å². The second kappa shape index (κ2) is 5.39. The van der Waals surface area contributed by atoms with Crippen molar-refractivity contribution in [2.24, 2.45) is 11.3 Å². The average Bonchev–Trinajstić information content (AvgIpc) is 3.04. The summed E-state index contributed by atoms with van der Waals surface area (Å²) in [5.41, 5.74) is 1.33. The molecular weight excluding hydrogens is 274 g/mol. The zero-order valence-electron chi connectivity index (χ0n) is 14.4. The topological polar surface area (TPSA) is 38.1 Å². The van der Waals surface area contributed by atoms with Gasteiger partial charge in [-0.3, -0.25) is 9.48 Å². The fourth-order valence-corrected chi connectivity index (χ4v) is 3.44. The van der Waals surface area contributed by atoms with Crippen LogP contribution < -0.4 is 0 Å². The van der Waals surface area contributed by atoms with Crippen LogP contribution in [0.5, 0.6) is 0 Å². The highest BCUT2D eigenvalue weighted by Crippen LogP contribution is 2.47. The zero-order valence-corrected chi connectivity index (χ0v) is 14.4. The molecule has 2 fully saturated rings. The number of amides is 1. The van der Waals surface area contributed by atoms with Crippen LogP contribution in [0.1, 0.15) is 58.9 Å². The third-order valence-corrected chi connectivity index (χ3v) is 5.48. The third-order valence-electron chi connectivity index (χ3n) is 5.48. The average molecular weight is 303 g/mol. The van der Waals surface area contributed by atoms with E-state index in [1.165, 1.54) is 5.56 Å². The molecule has 1 aromatic heterocycles. The van der Waals surface area contributed by atoms with Gasteiger partial charge in [0.05, 0.1) is 11.7 Å². The molecule has 4 heteroatoms. The minimum atomic E-state index is -0.0378. The van der Waals surface area contributed by atoms with Crippen molar-refractivity contribution in [2.75, 3.05) is 13.1 Å². The molecule has 1 amide bonds. The lowest BCUT2D eigenvalue weighted by molar-refractivity contribution is -0.138. The maximum absolute atomic E-state index is 12.5. The summed E-state index contributed by atoms with van der Waals surface area (Å²) < 4.78 is 2.14. The molecule has 1 saturated carbocycles. The molecule has 2 aliphatic rings. The Kier molecular flexibility index (Phi) is 3.82. The van der Waals surface area contributed by atoms with E-state index in [4.69, 9.17) is 0 Å². The number of aromatic nitrogens is 2. The van der Waals surface area contributed by atoms with E-state index in [1.807, 2.05) is 6.20 Å². The molecular formula is C18H29N3O. The van der Waals surface area contributed by atoms with Gasteiger partial charge in [0.25, 0.3) is 0 Å². The first kappa shape index (κ1) is 15.6. The summed E-state index contributed by atoms with van der Waals surface area (Å²) >= 11 is 0. The predicted octanol–water partition coefficient (Wildman–Crippen LogP) is 3.22. The molecule has 0 spiro atoms. The molecule has 0 bridgehead atoms.